The Bertz CT molecular complexity index is 1560. The molecule has 4 rings (SSSR count). The largest absolute Gasteiger partial charge is 0.437 e. The molecule has 0 aliphatic carbocycles. The molecule has 0 saturated carbocycles. The number of nitrogens with one attached hydrogen (secondary N) is 2. The Labute approximate surface area is 207 Å². The third-order valence-corrected chi connectivity index (χ3v) is 9.20. The Balaban J connectivity index is 1.94. The predicted octanol–water partition coefficient (Wildman–Crippen LogP) is 4.79. The van der Waals surface area contributed by atoms with Crippen LogP contribution in [0.2, 0.25) is 0 Å². The molecule has 4 aromatic rings. The fourth-order valence-corrected chi connectivity index (χ4v) is 6.21. The first kappa shape index (κ1) is 24.9. The molecule has 0 bridgehead atoms. The number of aryl methyl sites for hydroxylation is 3. The van der Waals surface area contributed by atoms with Crippen molar-refractivity contribution in [3.8, 4) is 22.1 Å². The first-order chi connectivity index (χ1) is 16.3. The zero-order valence-electron chi connectivity index (χ0n) is 20.8. The number of aromatic nitrogens is 3. The summed E-state index contributed by atoms with van der Waals surface area (Å²) < 4.78 is 21.4. The number of rotatable bonds is 6. The molecular weight excluding hydrogens is 483 g/mol. The summed E-state index contributed by atoms with van der Waals surface area (Å²) in [6.07, 6.45) is 3.45. The van der Waals surface area contributed by atoms with Gasteiger partial charge in [-0.1, -0.05) is 0 Å². The van der Waals surface area contributed by atoms with Crippen molar-refractivity contribution in [2.45, 2.75) is 33.7 Å². The fourth-order valence-electron chi connectivity index (χ4n) is 3.78. The molecule has 0 radical (unpaired) electrons. The number of thiophene rings is 1. The number of hydrogen-bond acceptors (Lipinski definition) is 6. The summed E-state index contributed by atoms with van der Waals surface area (Å²) in [5.74, 6) is 0.664. The quantitative estimate of drug-likeness (QED) is 0.362. The molecule has 4 heterocycles. The summed E-state index contributed by atoms with van der Waals surface area (Å²) >= 11 is 1.36. The van der Waals surface area contributed by atoms with Crippen molar-refractivity contribution in [1.29, 1.82) is 0 Å². The van der Waals surface area contributed by atoms with Crippen LogP contribution >= 0.6 is 18.5 Å². The lowest BCUT2D eigenvalue weighted by molar-refractivity contribution is 0.0939. The van der Waals surface area contributed by atoms with E-state index in [9.17, 15) is 14.2 Å². The lowest BCUT2D eigenvalue weighted by Crippen LogP contribution is -2.30. The summed E-state index contributed by atoms with van der Waals surface area (Å²) in [4.78, 5) is 33.7. The Hall–Kier alpha value is -3.16. The first-order valence-electron chi connectivity index (χ1n) is 11.2. The van der Waals surface area contributed by atoms with Gasteiger partial charge < -0.3 is 24.2 Å². The Morgan fingerprint density at radius 1 is 1.23 bits per heavy atom. The molecule has 8 nitrogen and oxygen atoms in total. The Morgan fingerprint density at radius 2 is 1.94 bits per heavy atom. The Kier molecular flexibility index (Phi) is 6.51. The van der Waals surface area contributed by atoms with E-state index in [1.807, 2.05) is 33.8 Å². The fraction of sp³-hybridized carbons (Fsp3) is 0.320. The highest BCUT2D eigenvalue weighted by Gasteiger charge is 2.25. The molecule has 184 valence electrons. The van der Waals surface area contributed by atoms with Crippen LogP contribution in [0.3, 0.4) is 0 Å². The zero-order valence-corrected chi connectivity index (χ0v) is 22.6. The van der Waals surface area contributed by atoms with E-state index in [2.05, 4.69) is 15.3 Å². The van der Waals surface area contributed by atoms with E-state index in [0.29, 0.717) is 43.3 Å². The summed E-state index contributed by atoms with van der Waals surface area (Å²) in [6, 6.07) is 5.40. The number of amides is 1. The van der Waals surface area contributed by atoms with Crippen molar-refractivity contribution in [1.82, 2.24) is 19.9 Å². The minimum absolute atomic E-state index is 0.0513. The first-order valence-corrected chi connectivity index (χ1v) is 14.6. The monoisotopic (exact) mass is 512 g/mol. The van der Waals surface area contributed by atoms with Crippen molar-refractivity contribution in [3.05, 3.63) is 57.8 Å². The van der Waals surface area contributed by atoms with Crippen LogP contribution in [-0.2, 0) is 11.6 Å². The van der Waals surface area contributed by atoms with Crippen molar-refractivity contribution in [2.24, 2.45) is 7.05 Å². The highest BCUT2D eigenvalue weighted by molar-refractivity contribution is 7.75. The molecule has 0 aliphatic rings. The van der Waals surface area contributed by atoms with Gasteiger partial charge in [0.1, 0.15) is 24.1 Å². The lowest BCUT2D eigenvalue weighted by Gasteiger charge is -2.10. The van der Waals surface area contributed by atoms with Gasteiger partial charge in [-0.25, -0.2) is 4.98 Å². The van der Waals surface area contributed by atoms with Gasteiger partial charge in [-0.2, -0.15) is 0 Å². The maximum Gasteiger partial charge on any atom is 0.274 e. The van der Waals surface area contributed by atoms with Crippen LogP contribution in [0.4, 0.5) is 0 Å². The highest BCUT2D eigenvalue weighted by atomic mass is 32.1. The summed E-state index contributed by atoms with van der Waals surface area (Å²) in [5, 5.41) is 3.44. The van der Waals surface area contributed by atoms with Crippen LogP contribution in [0.1, 0.15) is 35.5 Å². The SMILES string of the molecule is Cc1cnc(Oc2cc(P(C)(C)=O)sc2-c2cn(C)c(=O)c3[nH]c(C(=O)NC(C)C)cc23)c(C)c1. The molecule has 0 saturated heterocycles. The highest BCUT2D eigenvalue weighted by Crippen LogP contribution is 2.47. The van der Waals surface area contributed by atoms with E-state index in [1.54, 1.807) is 44.9 Å². The molecule has 1 amide bonds. The Morgan fingerprint density at radius 3 is 2.57 bits per heavy atom. The molecule has 35 heavy (non-hydrogen) atoms. The predicted molar refractivity (Wildman–Crippen MR) is 142 cm³/mol. The molecule has 0 atom stereocenters. The summed E-state index contributed by atoms with van der Waals surface area (Å²) in [5.41, 5.74) is 2.96. The van der Waals surface area contributed by atoms with Crippen LogP contribution in [0.25, 0.3) is 21.3 Å². The second-order valence-electron chi connectivity index (χ2n) is 9.42. The van der Waals surface area contributed by atoms with Gasteiger partial charge in [0.05, 0.1) is 9.50 Å². The van der Waals surface area contributed by atoms with Crippen molar-refractivity contribution >= 4 is 39.9 Å². The normalized spacial score (nSPS) is 11.9. The van der Waals surface area contributed by atoms with Gasteiger partial charge in [-0.3, -0.25) is 9.59 Å². The summed E-state index contributed by atoms with van der Waals surface area (Å²) in [6.45, 7) is 11.0. The third kappa shape index (κ3) is 4.97. The van der Waals surface area contributed by atoms with Gasteiger partial charge in [-0.05, 0) is 58.7 Å². The molecule has 0 aliphatic heterocycles. The summed E-state index contributed by atoms with van der Waals surface area (Å²) in [7, 11) is -0.942. The van der Waals surface area contributed by atoms with Crippen LogP contribution < -0.4 is 20.2 Å². The van der Waals surface area contributed by atoms with Crippen LogP contribution in [-0.4, -0.2) is 39.8 Å². The molecule has 4 aromatic heterocycles. The van der Waals surface area contributed by atoms with Gasteiger partial charge in [0, 0.05) is 48.1 Å². The number of H-pyrrole nitrogens is 1. The minimum Gasteiger partial charge on any atom is -0.437 e. The molecule has 10 heteroatoms. The third-order valence-electron chi connectivity index (χ3n) is 5.46. The van der Waals surface area contributed by atoms with E-state index in [0.717, 1.165) is 11.1 Å². The van der Waals surface area contributed by atoms with E-state index >= 15 is 0 Å². The van der Waals surface area contributed by atoms with Crippen LogP contribution in [0.5, 0.6) is 11.6 Å². The average molecular weight is 513 g/mol. The van der Waals surface area contributed by atoms with Crippen LogP contribution in [0, 0.1) is 13.8 Å². The van der Waals surface area contributed by atoms with Gasteiger partial charge >= 0.3 is 0 Å². The molecule has 0 fully saturated rings. The number of pyridine rings is 2. The average Bonchev–Trinajstić information content (AvgIpc) is 3.37. The van der Waals surface area contributed by atoms with Gasteiger partial charge in [0.2, 0.25) is 5.88 Å². The minimum atomic E-state index is -2.60. The molecular formula is C25H29N4O4PS. The number of ether oxygens (including phenoxy) is 1. The van der Waals surface area contributed by atoms with E-state index in [1.165, 1.54) is 15.9 Å². The van der Waals surface area contributed by atoms with E-state index in [-0.39, 0.29) is 17.5 Å². The van der Waals surface area contributed by atoms with Crippen molar-refractivity contribution < 1.29 is 14.1 Å². The molecule has 0 spiro atoms. The van der Waals surface area contributed by atoms with E-state index < -0.39 is 7.14 Å². The standard InChI is InChI=1S/C25H29N4O4PS/c1-13(2)27-23(30)18-9-16-17(12-29(5)25(31)21(16)28-18)22-19(10-20(35-22)34(6,7)32)33-24-15(4)8-14(3)11-26-24/h8-13,28H,1-7H3,(H,27,30). The smallest absolute Gasteiger partial charge is 0.274 e. The lowest BCUT2D eigenvalue weighted by atomic mass is 10.1. The van der Waals surface area contributed by atoms with Crippen molar-refractivity contribution in [3.63, 3.8) is 0 Å². The number of aromatic amines is 1. The second kappa shape index (κ2) is 9.13. The number of carbonyl (C=O) groups excluding carboxylic acids is 1. The topological polar surface area (TPSA) is 106 Å². The van der Waals surface area contributed by atoms with Gasteiger partial charge in [0.25, 0.3) is 11.5 Å². The van der Waals surface area contributed by atoms with Crippen LogP contribution in [0.15, 0.2) is 35.4 Å². The maximum atomic E-state index is 13.0. The zero-order chi connectivity index (χ0) is 25.7. The number of fused-ring (bicyclic) bond motifs is 1. The number of hydrogen-bond donors (Lipinski definition) is 2. The molecule has 0 aromatic carbocycles. The van der Waals surface area contributed by atoms with Gasteiger partial charge in [-0.15, -0.1) is 11.3 Å². The maximum absolute atomic E-state index is 13.0. The molecule has 0 unspecified atom stereocenters. The number of carbonyl (C=O) groups is 1. The second-order valence-corrected chi connectivity index (χ2v) is 14.0. The molecule has 2 N–H and O–H groups in total. The van der Waals surface area contributed by atoms with Gasteiger partial charge in [0.15, 0.2) is 0 Å². The van der Waals surface area contributed by atoms with E-state index in [4.69, 9.17) is 4.74 Å². The van der Waals surface area contributed by atoms with Crippen molar-refractivity contribution in [2.75, 3.05) is 13.3 Å². The number of nitrogens with zero attached hydrogens (tertiary/aromatic N) is 2.